The van der Waals surface area contributed by atoms with Crippen molar-refractivity contribution in [2.75, 3.05) is 0 Å². The van der Waals surface area contributed by atoms with Crippen LogP contribution >= 0.6 is 0 Å². The highest BCUT2D eigenvalue weighted by atomic mass is 19.1. The first-order valence-electron chi connectivity index (χ1n) is 6.81. The molecule has 1 aromatic carbocycles. The maximum atomic E-state index is 13.5. The molecule has 0 bridgehead atoms. The Morgan fingerprint density at radius 3 is 2.45 bits per heavy atom. The van der Waals surface area contributed by atoms with Gasteiger partial charge in [-0.3, -0.25) is 4.79 Å². The van der Waals surface area contributed by atoms with Crippen LogP contribution in [0.1, 0.15) is 37.7 Å². The minimum absolute atomic E-state index is 0.137. The van der Waals surface area contributed by atoms with Crippen LogP contribution in [0.3, 0.4) is 0 Å². The molecule has 108 valence electrons. The number of carbonyl (C=O) groups is 2. The van der Waals surface area contributed by atoms with Crippen molar-refractivity contribution < 1.29 is 19.1 Å². The average molecular weight is 279 g/mol. The number of halogens is 1. The summed E-state index contributed by atoms with van der Waals surface area (Å²) in [4.78, 5) is 23.4. The molecule has 4 nitrogen and oxygen atoms in total. The number of carboxylic acids is 1. The number of nitrogens with one attached hydrogen (secondary N) is 1. The number of rotatable bonds is 4. The molecule has 1 aliphatic rings. The van der Waals surface area contributed by atoms with E-state index in [9.17, 15) is 19.1 Å². The van der Waals surface area contributed by atoms with Gasteiger partial charge in [0.2, 0.25) is 5.91 Å². The molecule has 2 rings (SSSR count). The van der Waals surface area contributed by atoms with Gasteiger partial charge in [-0.25, -0.2) is 9.18 Å². The van der Waals surface area contributed by atoms with Gasteiger partial charge in [-0.2, -0.15) is 0 Å². The topological polar surface area (TPSA) is 66.4 Å². The van der Waals surface area contributed by atoms with Crippen LogP contribution < -0.4 is 5.32 Å². The van der Waals surface area contributed by atoms with Crippen LogP contribution in [0.5, 0.6) is 0 Å². The van der Waals surface area contributed by atoms with Gasteiger partial charge in [0.25, 0.3) is 0 Å². The summed E-state index contributed by atoms with van der Waals surface area (Å²) in [5.41, 5.74) is -0.901. The number of aliphatic carboxylic acids is 1. The molecular weight excluding hydrogens is 261 g/mol. The lowest BCUT2D eigenvalue weighted by Gasteiger charge is -2.34. The van der Waals surface area contributed by atoms with Crippen LogP contribution in [0, 0.1) is 5.82 Å². The second kappa shape index (κ2) is 6.03. The largest absolute Gasteiger partial charge is 0.480 e. The summed E-state index contributed by atoms with van der Waals surface area (Å²) in [7, 11) is 0. The van der Waals surface area contributed by atoms with E-state index >= 15 is 0 Å². The standard InChI is InChI=1S/C15H18FNO3/c16-12-7-3-2-6-11(12)10-13(18)17-15(14(19)20)8-4-1-5-9-15/h2-3,6-7H,1,4-5,8-10H2,(H,17,18)(H,19,20). The van der Waals surface area contributed by atoms with Crippen molar-refractivity contribution >= 4 is 11.9 Å². The van der Waals surface area contributed by atoms with Gasteiger partial charge >= 0.3 is 5.97 Å². The summed E-state index contributed by atoms with van der Waals surface area (Å²) in [6, 6.07) is 6.02. The molecule has 1 fully saturated rings. The Morgan fingerprint density at radius 2 is 1.85 bits per heavy atom. The first-order valence-corrected chi connectivity index (χ1v) is 6.81. The fraction of sp³-hybridized carbons (Fsp3) is 0.467. The van der Waals surface area contributed by atoms with Crippen molar-refractivity contribution in [1.82, 2.24) is 5.32 Å². The van der Waals surface area contributed by atoms with E-state index in [1.54, 1.807) is 12.1 Å². The third-order valence-electron chi connectivity index (χ3n) is 3.80. The Labute approximate surface area is 117 Å². The van der Waals surface area contributed by atoms with Crippen molar-refractivity contribution in [3.63, 3.8) is 0 Å². The third-order valence-corrected chi connectivity index (χ3v) is 3.80. The lowest BCUT2D eigenvalue weighted by Crippen LogP contribution is -2.56. The molecular formula is C15H18FNO3. The SMILES string of the molecule is O=C(Cc1ccccc1F)NC1(C(=O)O)CCCCC1. The van der Waals surface area contributed by atoms with Crippen molar-refractivity contribution in [1.29, 1.82) is 0 Å². The summed E-state index contributed by atoms with van der Waals surface area (Å²) in [5.74, 6) is -1.89. The van der Waals surface area contributed by atoms with Crippen LogP contribution in [0.4, 0.5) is 4.39 Å². The molecule has 0 unspecified atom stereocenters. The Morgan fingerprint density at radius 1 is 1.20 bits per heavy atom. The summed E-state index contributed by atoms with van der Waals surface area (Å²) in [6.45, 7) is 0. The highest BCUT2D eigenvalue weighted by molar-refractivity contribution is 5.88. The van der Waals surface area contributed by atoms with Gasteiger partial charge in [0, 0.05) is 0 Å². The Bertz CT molecular complexity index is 510. The van der Waals surface area contributed by atoms with Crippen LogP contribution in [-0.4, -0.2) is 22.5 Å². The molecule has 0 saturated heterocycles. The molecule has 1 amide bonds. The maximum absolute atomic E-state index is 13.5. The fourth-order valence-corrected chi connectivity index (χ4v) is 2.67. The van der Waals surface area contributed by atoms with E-state index in [-0.39, 0.29) is 12.0 Å². The smallest absolute Gasteiger partial charge is 0.329 e. The van der Waals surface area contributed by atoms with E-state index < -0.39 is 23.2 Å². The molecule has 0 aromatic heterocycles. The average Bonchev–Trinajstić information content (AvgIpc) is 2.42. The minimum atomic E-state index is -1.18. The van der Waals surface area contributed by atoms with Gasteiger partial charge < -0.3 is 10.4 Å². The Kier molecular flexibility index (Phi) is 4.37. The van der Waals surface area contributed by atoms with Crippen molar-refractivity contribution in [2.45, 2.75) is 44.1 Å². The van der Waals surface area contributed by atoms with Crippen molar-refractivity contribution in [3.05, 3.63) is 35.6 Å². The van der Waals surface area contributed by atoms with Crippen LogP contribution in [0.15, 0.2) is 24.3 Å². The zero-order valence-electron chi connectivity index (χ0n) is 11.2. The Hall–Kier alpha value is -1.91. The van der Waals surface area contributed by atoms with Crippen molar-refractivity contribution in [3.8, 4) is 0 Å². The molecule has 20 heavy (non-hydrogen) atoms. The number of amides is 1. The maximum Gasteiger partial charge on any atom is 0.329 e. The molecule has 1 saturated carbocycles. The Balaban J connectivity index is 2.06. The van der Waals surface area contributed by atoms with E-state index in [4.69, 9.17) is 0 Å². The summed E-state index contributed by atoms with van der Waals surface area (Å²) in [6.07, 6.45) is 3.29. The predicted octanol–water partition coefficient (Wildman–Crippen LogP) is 2.27. The van der Waals surface area contributed by atoms with E-state index in [0.29, 0.717) is 12.8 Å². The first-order chi connectivity index (χ1) is 9.53. The summed E-state index contributed by atoms with van der Waals surface area (Å²) >= 11 is 0. The number of carbonyl (C=O) groups excluding carboxylic acids is 1. The van der Waals surface area contributed by atoms with E-state index in [2.05, 4.69) is 5.32 Å². The second-order valence-corrected chi connectivity index (χ2v) is 5.26. The van der Waals surface area contributed by atoms with Crippen LogP contribution in [-0.2, 0) is 16.0 Å². The number of carboxylic acid groups (broad SMARTS) is 1. The number of hydrogen-bond acceptors (Lipinski definition) is 2. The highest BCUT2D eigenvalue weighted by Gasteiger charge is 2.40. The van der Waals surface area contributed by atoms with Gasteiger partial charge in [0.1, 0.15) is 11.4 Å². The van der Waals surface area contributed by atoms with E-state index in [1.165, 1.54) is 12.1 Å². The lowest BCUT2D eigenvalue weighted by atomic mass is 9.81. The molecule has 5 heteroatoms. The molecule has 0 aliphatic heterocycles. The van der Waals surface area contributed by atoms with Gasteiger partial charge in [-0.05, 0) is 24.5 Å². The zero-order chi connectivity index (χ0) is 14.6. The van der Waals surface area contributed by atoms with E-state index in [1.807, 2.05) is 0 Å². The molecule has 0 radical (unpaired) electrons. The third kappa shape index (κ3) is 3.15. The monoisotopic (exact) mass is 279 g/mol. The van der Waals surface area contributed by atoms with Gasteiger partial charge in [-0.15, -0.1) is 0 Å². The summed E-state index contributed by atoms with van der Waals surface area (Å²) in [5, 5.41) is 12.0. The molecule has 1 aromatic rings. The zero-order valence-corrected chi connectivity index (χ0v) is 11.2. The summed E-state index contributed by atoms with van der Waals surface area (Å²) < 4.78 is 13.5. The van der Waals surface area contributed by atoms with Crippen LogP contribution in [0.2, 0.25) is 0 Å². The second-order valence-electron chi connectivity index (χ2n) is 5.26. The van der Waals surface area contributed by atoms with Crippen LogP contribution in [0.25, 0.3) is 0 Å². The highest BCUT2D eigenvalue weighted by Crippen LogP contribution is 2.28. The van der Waals surface area contributed by atoms with Gasteiger partial charge in [-0.1, -0.05) is 37.5 Å². The van der Waals surface area contributed by atoms with E-state index in [0.717, 1.165) is 19.3 Å². The quantitative estimate of drug-likeness (QED) is 0.888. The predicted molar refractivity (Wildman–Crippen MR) is 71.7 cm³/mol. The normalized spacial score (nSPS) is 17.4. The molecule has 0 heterocycles. The van der Waals surface area contributed by atoms with Gasteiger partial charge in [0.15, 0.2) is 0 Å². The molecule has 2 N–H and O–H groups in total. The first kappa shape index (κ1) is 14.5. The minimum Gasteiger partial charge on any atom is -0.480 e. The fourth-order valence-electron chi connectivity index (χ4n) is 2.67. The number of hydrogen-bond donors (Lipinski definition) is 2. The molecule has 0 atom stereocenters. The van der Waals surface area contributed by atoms with Gasteiger partial charge in [0.05, 0.1) is 6.42 Å². The molecule has 1 aliphatic carbocycles. The number of benzene rings is 1. The van der Waals surface area contributed by atoms with Crippen molar-refractivity contribution in [2.24, 2.45) is 0 Å². The molecule has 0 spiro atoms. The lowest BCUT2D eigenvalue weighted by molar-refractivity contribution is -0.149.